The van der Waals surface area contributed by atoms with Crippen LogP contribution in [0.3, 0.4) is 0 Å². The van der Waals surface area contributed by atoms with Gasteiger partial charge in [-0.25, -0.2) is 0 Å². The first kappa shape index (κ1) is 14.4. The Morgan fingerprint density at radius 2 is 2.19 bits per heavy atom. The van der Waals surface area contributed by atoms with Gasteiger partial charge in [0.15, 0.2) is 5.96 Å². The molecule has 0 bridgehead atoms. The number of guanidine groups is 1. The molecule has 0 aromatic carbocycles. The molecule has 1 aromatic rings. The van der Waals surface area contributed by atoms with Crippen LogP contribution in [0.25, 0.3) is 0 Å². The molecule has 0 amide bonds. The highest BCUT2D eigenvalue weighted by molar-refractivity contribution is 5.80. The maximum Gasteiger partial charge on any atom is 0.191 e. The van der Waals surface area contributed by atoms with Crippen molar-refractivity contribution in [2.75, 3.05) is 26.7 Å². The van der Waals surface area contributed by atoms with Crippen LogP contribution < -0.4 is 10.6 Å². The molecule has 21 heavy (non-hydrogen) atoms. The van der Waals surface area contributed by atoms with E-state index >= 15 is 0 Å². The quantitative estimate of drug-likeness (QED) is 0.644. The minimum atomic E-state index is 0.290. The van der Waals surface area contributed by atoms with Crippen LogP contribution in [0, 0.1) is 0 Å². The second-order valence-corrected chi connectivity index (χ2v) is 6.00. The van der Waals surface area contributed by atoms with Crippen molar-refractivity contribution in [2.24, 2.45) is 4.99 Å². The van der Waals surface area contributed by atoms with Gasteiger partial charge in [-0.05, 0) is 50.9 Å². The fourth-order valence-corrected chi connectivity index (χ4v) is 2.93. The first-order chi connectivity index (χ1) is 10.4. The number of rotatable bonds is 5. The van der Waals surface area contributed by atoms with E-state index in [2.05, 4.69) is 26.6 Å². The number of aliphatic imine (C=N–C) groups is 1. The smallest absolute Gasteiger partial charge is 0.191 e. The summed E-state index contributed by atoms with van der Waals surface area (Å²) in [5.74, 6) is 1.96. The van der Waals surface area contributed by atoms with E-state index in [1.54, 1.807) is 6.26 Å². The van der Waals surface area contributed by atoms with Crippen LogP contribution >= 0.6 is 0 Å². The lowest BCUT2D eigenvalue weighted by Crippen LogP contribution is -2.44. The summed E-state index contributed by atoms with van der Waals surface area (Å²) >= 11 is 0. The van der Waals surface area contributed by atoms with Crippen LogP contribution in [0.4, 0.5) is 0 Å². The predicted molar refractivity (Wildman–Crippen MR) is 84.4 cm³/mol. The van der Waals surface area contributed by atoms with Gasteiger partial charge in [-0.2, -0.15) is 0 Å². The van der Waals surface area contributed by atoms with Gasteiger partial charge >= 0.3 is 0 Å². The largest absolute Gasteiger partial charge is 0.468 e. The van der Waals surface area contributed by atoms with Gasteiger partial charge in [0.05, 0.1) is 12.3 Å². The third kappa shape index (κ3) is 4.00. The van der Waals surface area contributed by atoms with E-state index in [0.29, 0.717) is 6.04 Å². The van der Waals surface area contributed by atoms with Gasteiger partial charge in [-0.3, -0.25) is 9.89 Å². The molecule has 0 radical (unpaired) electrons. The molecule has 5 heteroatoms. The lowest BCUT2D eigenvalue weighted by atomic mass is 10.1. The van der Waals surface area contributed by atoms with Crippen molar-refractivity contribution < 1.29 is 4.42 Å². The summed E-state index contributed by atoms with van der Waals surface area (Å²) < 4.78 is 5.67. The topological polar surface area (TPSA) is 52.8 Å². The number of nitrogens with one attached hydrogen (secondary N) is 2. The number of hydrogen-bond acceptors (Lipinski definition) is 3. The molecule has 1 unspecified atom stereocenters. The summed E-state index contributed by atoms with van der Waals surface area (Å²) in [5.41, 5.74) is 0. The SMILES string of the molecule is CN=C(NCC(c1ccco1)N1CCCCC1)NC1CC1. The molecule has 0 spiro atoms. The molecule has 2 N–H and O–H groups in total. The Kier molecular flexibility index (Phi) is 4.80. The standard InChI is InChI=1S/C16H26N4O/c1-17-16(19-13-7-8-13)18-12-14(15-6-5-11-21-15)20-9-3-2-4-10-20/h5-6,11,13-14H,2-4,7-10,12H2,1H3,(H2,17,18,19). The zero-order valence-corrected chi connectivity index (χ0v) is 12.8. The van der Waals surface area contributed by atoms with Gasteiger partial charge in [0.1, 0.15) is 5.76 Å². The number of furan rings is 1. The van der Waals surface area contributed by atoms with Crippen molar-refractivity contribution in [3.8, 4) is 0 Å². The maximum absolute atomic E-state index is 5.67. The normalized spacial score (nSPS) is 22.0. The van der Waals surface area contributed by atoms with Crippen molar-refractivity contribution in [3.63, 3.8) is 0 Å². The summed E-state index contributed by atoms with van der Waals surface area (Å²) in [6.07, 6.45) is 8.20. The molecule has 1 aliphatic heterocycles. The number of nitrogens with zero attached hydrogens (tertiary/aromatic N) is 2. The van der Waals surface area contributed by atoms with Crippen molar-refractivity contribution in [2.45, 2.75) is 44.2 Å². The highest BCUT2D eigenvalue weighted by Gasteiger charge is 2.26. The Bertz CT molecular complexity index is 447. The highest BCUT2D eigenvalue weighted by Crippen LogP contribution is 2.24. The molecule has 5 nitrogen and oxygen atoms in total. The predicted octanol–water partition coefficient (Wildman–Crippen LogP) is 2.13. The Hall–Kier alpha value is -1.49. The molecule has 2 fully saturated rings. The monoisotopic (exact) mass is 290 g/mol. The highest BCUT2D eigenvalue weighted by atomic mass is 16.3. The van der Waals surface area contributed by atoms with Crippen LogP contribution in [-0.4, -0.2) is 43.6 Å². The number of likely N-dealkylation sites (tertiary alicyclic amines) is 1. The van der Waals surface area contributed by atoms with Gasteiger partial charge in [-0.1, -0.05) is 6.42 Å². The molecule has 116 valence electrons. The van der Waals surface area contributed by atoms with Crippen molar-refractivity contribution in [1.29, 1.82) is 0 Å². The van der Waals surface area contributed by atoms with Crippen molar-refractivity contribution >= 4 is 5.96 Å². The summed E-state index contributed by atoms with van der Waals surface area (Å²) in [7, 11) is 1.83. The van der Waals surface area contributed by atoms with E-state index in [1.165, 1.54) is 32.1 Å². The van der Waals surface area contributed by atoms with Crippen LogP contribution in [0.2, 0.25) is 0 Å². The Balaban J connectivity index is 1.61. The summed E-state index contributed by atoms with van der Waals surface area (Å²) in [5, 5.41) is 6.90. The number of piperidine rings is 1. The fraction of sp³-hybridized carbons (Fsp3) is 0.688. The first-order valence-electron chi connectivity index (χ1n) is 8.11. The van der Waals surface area contributed by atoms with Gasteiger partial charge < -0.3 is 15.1 Å². The molecular weight excluding hydrogens is 264 g/mol. The minimum absolute atomic E-state index is 0.290. The van der Waals surface area contributed by atoms with Crippen LogP contribution in [-0.2, 0) is 0 Å². The van der Waals surface area contributed by atoms with E-state index in [1.807, 2.05) is 13.1 Å². The Morgan fingerprint density at radius 3 is 2.81 bits per heavy atom. The zero-order valence-electron chi connectivity index (χ0n) is 12.8. The molecule has 2 aliphatic rings. The fourth-order valence-electron chi connectivity index (χ4n) is 2.93. The maximum atomic E-state index is 5.67. The molecular formula is C16H26N4O. The van der Waals surface area contributed by atoms with Crippen molar-refractivity contribution in [3.05, 3.63) is 24.2 Å². The van der Waals surface area contributed by atoms with Crippen LogP contribution in [0.15, 0.2) is 27.8 Å². The third-order valence-corrected chi connectivity index (χ3v) is 4.31. The van der Waals surface area contributed by atoms with E-state index in [-0.39, 0.29) is 6.04 Å². The lowest BCUT2D eigenvalue weighted by molar-refractivity contribution is 0.146. The summed E-state index contributed by atoms with van der Waals surface area (Å²) in [6.45, 7) is 3.14. The van der Waals surface area contributed by atoms with Crippen LogP contribution in [0.1, 0.15) is 43.9 Å². The van der Waals surface area contributed by atoms with Gasteiger partial charge in [0, 0.05) is 19.6 Å². The lowest BCUT2D eigenvalue weighted by Gasteiger charge is -2.33. The molecule has 1 atom stereocenters. The molecule has 1 aromatic heterocycles. The molecule has 1 aliphatic carbocycles. The number of hydrogen-bond donors (Lipinski definition) is 2. The molecule has 2 heterocycles. The zero-order chi connectivity index (χ0) is 14.5. The minimum Gasteiger partial charge on any atom is -0.468 e. The Morgan fingerprint density at radius 1 is 1.38 bits per heavy atom. The van der Waals surface area contributed by atoms with Crippen molar-refractivity contribution in [1.82, 2.24) is 15.5 Å². The molecule has 1 saturated carbocycles. The average Bonchev–Trinajstić information content (AvgIpc) is 3.19. The third-order valence-electron chi connectivity index (χ3n) is 4.31. The second kappa shape index (κ2) is 6.98. The average molecular weight is 290 g/mol. The van der Waals surface area contributed by atoms with Gasteiger partial charge in [-0.15, -0.1) is 0 Å². The summed E-state index contributed by atoms with van der Waals surface area (Å²) in [4.78, 5) is 6.84. The second-order valence-electron chi connectivity index (χ2n) is 6.00. The van der Waals surface area contributed by atoms with E-state index in [4.69, 9.17) is 4.42 Å². The Labute approximate surface area is 126 Å². The van der Waals surface area contributed by atoms with Gasteiger partial charge in [0.25, 0.3) is 0 Å². The van der Waals surface area contributed by atoms with Gasteiger partial charge in [0.2, 0.25) is 0 Å². The first-order valence-corrected chi connectivity index (χ1v) is 8.11. The molecule has 3 rings (SSSR count). The van der Waals surface area contributed by atoms with E-state index in [9.17, 15) is 0 Å². The van der Waals surface area contributed by atoms with E-state index < -0.39 is 0 Å². The molecule has 1 saturated heterocycles. The van der Waals surface area contributed by atoms with E-state index in [0.717, 1.165) is 31.4 Å². The summed E-state index contributed by atoms with van der Waals surface area (Å²) in [6, 6.07) is 4.97. The van der Waals surface area contributed by atoms with Crippen LogP contribution in [0.5, 0.6) is 0 Å².